The predicted molar refractivity (Wildman–Crippen MR) is 92.9 cm³/mol. The van der Waals surface area contributed by atoms with E-state index in [0.717, 1.165) is 26.1 Å². The van der Waals surface area contributed by atoms with Crippen LogP contribution >= 0.6 is 11.6 Å². The van der Waals surface area contributed by atoms with Gasteiger partial charge in [-0.05, 0) is 6.42 Å². The molecule has 0 fully saturated rings. The molecule has 1 aliphatic heterocycles. The van der Waals surface area contributed by atoms with Gasteiger partial charge in [-0.1, -0.05) is 45.4 Å². The molecule has 0 amide bonds. The number of β-amino-alcohol motifs (C(OH)–C–C–N with tert-alkyl or cyclic N) is 1. The summed E-state index contributed by atoms with van der Waals surface area (Å²) in [5.74, 6) is -0.417. The van der Waals surface area contributed by atoms with Crippen LogP contribution in [0.2, 0.25) is 0 Å². The van der Waals surface area contributed by atoms with Crippen molar-refractivity contribution < 1.29 is 50.0 Å². The second-order valence-electron chi connectivity index (χ2n) is 5.39. The molecular weight excluding hydrogens is 343 g/mol. The molecular formula is C16H32ClN2NaO4. The number of carboxylic acids is 1. The quantitative estimate of drug-likeness (QED) is 0.256. The van der Waals surface area contributed by atoms with E-state index in [9.17, 15) is 0 Å². The first-order valence-corrected chi connectivity index (χ1v) is 8.84. The number of hydrogen-bond donors (Lipinski definition) is 1. The fourth-order valence-corrected chi connectivity index (χ4v) is 2.37. The molecule has 0 aromatic heterocycles. The molecule has 6 nitrogen and oxygen atoms in total. The van der Waals surface area contributed by atoms with Gasteiger partial charge in [0.2, 0.25) is 0 Å². The number of carboxylic acid groups (broad SMARTS) is 1. The van der Waals surface area contributed by atoms with Crippen LogP contribution in [0.4, 0.5) is 0 Å². The summed E-state index contributed by atoms with van der Waals surface area (Å²) >= 11 is 4.67. The molecule has 0 bridgehead atoms. The fourth-order valence-electron chi connectivity index (χ4n) is 2.37. The maximum Gasteiger partial charge on any atom is 1.00 e. The van der Waals surface area contributed by atoms with Gasteiger partial charge in [0, 0.05) is 19.5 Å². The third-order valence-corrected chi connectivity index (χ3v) is 3.73. The monoisotopic (exact) mass is 374 g/mol. The molecule has 0 aliphatic carbocycles. The average Bonchev–Trinajstić information content (AvgIpc) is 2.95. The van der Waals surface area contributed by atoms with Crippen molar-refractivity contribution in [3.8, 4) is 0 Å². The molecule has 1 rings (SSSR count). The number of hydrogen-bond acceptors (Lipinski definition) is 5. The third-order valence-electron chi connectivity index (χ3n) is 3.51. The maximum atomic E-state index is 9.12. The fraction of sp³-hybridized carbons (Fsp3) is 0.875. The van der Waals surface area contributed by atoms with Gasteiger partial charge in [0.25, 0.3) is 0 Å². The second-order valence-corrected chi connectivity index (χ2v) is 5.65. The molecule has 0 saturated heterocycles. The van der Waals surface area contributed by atoms with Crippen LogP contribution in [0.5, 0.6) is 0 Å². The normalized spacial score (nSPS) is 12.5. The Morgan fingerprint density at radius 1 is 1.25 bits per heavy atom. The van der Waals surface area contributed by atoms with E-state index >= 15 is 0 Å². The Labute approximate surface area is 173 Å². The van der Waals surface area contributed by atoms with Crippen LogP contribution in [-0.2, 0) is 4.79 Å². The number of aliphatic hydroxyl groups excluding tert-OH is 1. The molecule has 0 aromatic rings. The van der Waals surface area contributed by atoms with E-state index in [2.05, 4.69) is 28.4 Å². The molecule has 0 saturated carbocycles. The predicted octanol–water partition coefficient (Wildman–Crippen LogP) is -2.01. The number of amidine groups is 1. The Balaban J connectivity index is -0.000000554. The molecule has 1 aliphatic rings. The molecule has 0 atom stereocenters. The molecule has 138 valence electrons. The van der Waals surface area contributed by atoms with Gasteiger partial charge in [-0.15, -0.1) is 11.6 Å². The summed E-state index contributed by atoms with van der Waals surface area (Å²) in [6.07, 6.45) is 10.6. The van der Waals surface area contributed by atoms with Crippen LogP contribution in [-0.4, -0.2) is 59.4 Å². The number of rotatable bonds is 11. The van der Waals surface area contributed by atoms with E-state index in [1.54, 1.807) is 0 Å². The molecule has 3 N–H and O–H groups in total. The van der Waals surface area contributed by atoms with E-state index in [-0.39, 0.29) is 41.6 Å². The van der Waals surface area contributed by atoms with E-state index in [1.165, 1.54) is 50.8 Å². The van der Waals surface area contributed by atoms with Gasteiger partial charge in [0.15, 0.2) is 0 Å². The molecule has 8 heteroatoms. The van der Waals surface area contributed by atoms with Gasteiger partial charge in [0.1, 0.15) is 0 Å². The largest absolute Gasteiger partial charge is 1.00 e. The average molecular weight is 375 g/mol. The number of carbonyl (C=O) groups excluding carboxylic acids is 1. The van der Waals surface area contributed by atoms with E-state index < -0.39 is 11.8 Å². The smallest absolute Gasteiger partial charge is 0.549 e. The van der Waals surface area contributed by atoms with Gasteiger partial charge >= 0.3 is 29.6 Å². The summed E-state index contributed by atoms with van der Waals surface area (Å²) in [5, 5.41) is 18.1. The van der Waals surface area contributed by atoms with Crippen LogP contribution in [0.3, 0.4) is 0 Å². The molecule has 0 radical (unpaired) electrons. The number of carbonyl (C=O) groups is 1. The number of unbranched alkanes of at least 4 members (excludes halogenated alkanes) is 6. The zero-order valence-corrected chi connectivity index (χ0v) is 18.0. The standard InChI is InChI=1S/C14H28N2O.C2H3ClO2.Na.H2O/c1-2-3-4-5-6-7-8-9-14-15-10-11-16(14)12-13-17;3-1-2(4)5;;/h17H,2-13H2,1H3;1H2,(H,4,5);;1H2/q;;+1;/p-1. The Morgan fingerprint density at radius 2 is 1.79 bits per heavy atom. The van der Waals surface area contributed by atoms with Gasteiger partial charge in [-0.2, -0.15) is 0 Å². The van der Waals surface area contributed by atoms with Crippen molar-refractivity contribution in [1.82, 2.24) is 4.90 Å². The van der Waals surface area contributed by atoms with Crippen molar-refractivity contribution in [2.45, 2.75) is 58.3 Å². The molecule has 24 heavy (non-hydrogen) atoms. The van der Waals surface area contributed by atoms with Crippen LogP contribution in [0.15, 0.2) is 4.99 Å². The summed E-state index contributed by atoms with van der Waals surface area (Å²) in [5.41, 5.74) is 0. The number of nitrogens with zero attached hydrogens (tertiary/aromatic N) is 2. The minimum Gasteiger partial charge on any atom is -0.549 e. The number of aliphatic hydroxyl groups is 1. The van der Waals surface area contributed by atoms with Crippen molar-refractivity contribution in [2.24, 2.45) is 4.99 Å². The van der Waals surface area contributed by atoms with Gasteiger partial charge in [-0.3, -0.25) is 4.99 Å². The zero-order valence-electron chi connectivity index (χ0n) is 15.2. The minimum absolute atomic E-state index is 0. The van der Waals surface area contributed by atoms with Crippen molar-refractivity contribution in [3.05, 3.63) is 0 Å². The summed E-state index contributed by atoms with van der Waals surface area (Å²) < 4.78 is 0. The summed E-state index contributed by atoms with van der Waals surface area (Å²) in [4.78, 5) is 15.9. The van der Waals surface area contributed by atoms with Crippen LogP contribution in [0.1, 0.15) is 58.3 Å². The van der Waals surface area contributed by atoms with Crippen molar-refractivity contribution in [2.75, 3.05) is 32.1 Å². The first kappa shape index (κ1) is 28.9. The first-order valence-electron chi connectivity index (χ1n) is 8.30. The van der Waals surface area contributed by atoms with Crippen molar-refractivity contribution in [3.63, 3.8) is 0 Å². The van der Waals surface area contributed by atoms with Crippen molar-refractivity contribution >= 4 is 23.4 Å². The van der Waals surface area contributed by atoms with Crippen molar-refractivity contribution in [1.29, 1.82) is 0 Å². The number of halogens is 1. The maximum absolute atomic E-state index is 9.12. The third kappa shape index (κ3) is 17.0. The van der Waals surface area contributed by atoms with Gasteiger partial charge in [-0.25, -0.2) is 0 Å². The van der Waals surface area contributed by atoms with Crippen LogP contribution < -0.4 is 34.7 Å². The number of aliphatic imine (C=N–C) groups is 1. The number of alkyl halides is 1. The Morgan fingerprint density at radius 3 is 2.29 bits per heavy atom. The van der Waals surface area contributed by atoms with E-state index in [0.29, 0.717) is 0 Å². The van der Waals surface area contributed by atoms with Crippen LogP contribution in [0, 0.1) is 0 Å². The zero-order chi connectivity index (χ0) is 16.6. The Hall–Kier alpha value is 0.150. The molecule has 0 spiro atoms. The Kier molecular flexibility index (Phi) is 25.5. The summed E-state index contributed by atoms with van der Waals surface area (Å²) in [7, 11) is 0. The molecule has 1 heterocycles. The SMILES string of the molecule is CCCCCCCCCC1=NCCN1CCO.O.O=C([O-])CCl.[Na+]. The van der Waals surface area contributed by atoms with Gasteiger partial charge in [0.05, 0.1) is 30.8 Å². The Bertz CT molecular complexity index is 320. The second kappa shape index (κ2) is 21.2. The minimum atomic E-state index is -1.23. The van der Waals surface area contributed by atoms with E-state index in [4.69, 9.17) is 15.0 Å². The first-order chi connectivity index (χ1) is 10.7. The molecule has 0 unspecified atom stereocenters. The van der Waals surface area contributed by atoms with Gasteiger partial charge < -0.3 is 25.4 Å². The summed E-state index contributed by atoms with van der Waals surface area (Å²) in [6, 6.07) is 0. The topological polar surface area (TPSA) is 107 Å². The summed E-state index contributed by atoms with van der Waals surface area (Å²) in [6.45, 7) is 5.19. The molecule has 0 aromatic carbocycles. The van der Waals surface area contributed by atoms with E-state index in [1.807, 2.05) is 0 Å². The van der Waals surface area contributed by atoms with Crippen LogP contribution in [0.25, 0.3) is 0 Å². The number of aliphatic carboxylic acids is 1.